The van der Waals surface area contributed by atoms with Crippen LogP contribution in [0.5, 0.6) is 0 Å². The molecule has 2 rings (SSSR count). The van der Waals surface area contributed by atoms with Crippen LogP contribution in [0.1, 0.15) is 38.5 Å². The van der Waals surface area contributed by atoms with Gasteiger partial charge in [-0.1, -0.05) is 0 Å². The second-order valence-corrected chi connectivity index (χ2v) is 5.77. The Morgan fingerprint density at radius 3 is 2.47 bits per heavy atom. The van der Waals surface area contributed by atoms with E-state index in [-0.39, 0.29) is 44.2 Å². The Balaban J connectivity index is 0.000000980. The van der Waals surface area contributed by atoms with Crippen LogP contribution in [0.2, 0.25) is 0 Å². The first-order chi connectivity index (χ1) is 6.45. The van der Waals surface area contributed by atoms with E-state index in [1.165, 1.54) is 38.5 Å². The largest absolute Gasteiger partial charge is 1.00 e. The van der Waals surface area contributed by atoms with Gasteiger partial charge in [-0.2, -0.15) is 0 Å². The summed E-state index contributed by atoms with van der Waals surface area (Å²) in [6.07, 6.45) is 15.2. The molecular formula is C11H17Cl2NTi. The van der Waals surface area contributed by atoms with E-state index < -0.39 is 0 Å². The number of allylic oxidation sites excluding steroid dienone is 4. The quantitative estimate of drug-likeness (QED) is 0.536. The van der Waals surface area contributed by atoms with Gasteiger partial charge in [0.25, 0.3) is 0 Å². The Morgan fingerprint density at radius 1 is 1.13 bits per heavy atom. The summed E-state index contributed by atoms with van der Waals surface area (Å²) in [6, 6.07) is 0.857. The van der Waals surface area contributed by atoms with Crippen molar-refractivity contribution in [3.63, 3.8) is 0 Å². The van der Waals surface area contributed by atoms with Gasteiger partial charge < -0.3 is 24.8 Å². The number of nitrogens with one attached hydrogen (secondary N) is 1. The van der Waals surface area contributed by atoms with Crippen molar-refractivity contribution in [2.75, 3.05) is 0 Å². The third kappa shape index (κ3) is 5.56. The summed E-state index contributed by atoms with van der Waals surface area (Å²) in [6.45, 7) is 0. The fourth-order valence-electron chi connectivity index (χ4n) is 1.98. The van der Waals surface area contributed by atoms with Gasteiger partial charge in [-0.3, -0.25) is 0 Å². The number of hydrogen-bond acceptors (Lipinski definition) is 1. The van der Waals surface area contributed by atoms with E-state index in [1.807, 2.05) is 0 Å². The molecule has 1 saturated carbocycles. The summed E-state index contributed by atoms with van der Waals surface area (Å²) in [5, 5.41) is 0. The maximum atomic E-state index is 3.78. The summed E-state index contributed by atoms with van der Waals surface area (Å²) in [7, 11) is 0. The van der Waals surface area contributed by atoms with Crippen molar-refractivity contribution >= 4 is 0 Å². The zero-order valence-electron chi connectivity index (χ0n) is 8.81. The molecule has 1 fully saturated rings. The second-order valence-electron chi connectivity index (χ2n) is 3.93. The molecule has 1 nitrogen and oxygen atoms in total. The number of hydrogen-bond donors (Lipinski definition) is 1. The minimum Gasteiger partial charge on any atom is -1.00 e. The summed E-state index contributed by atoms with van der Waals surface area (Å²) < 4.78 is 5.45. The molecule has 4 heteroatoms. The molecule has 2 aliphatic rings. The van der Waals surface area contributed by atoms with Gasteiger partial charge in [-0.25, -0.2) is 0 Å². The van der Waals surface area contributed by atoms with Crippen molar-refractivity contribution in [1.82, 2.24) is 3.80 Å². The Morgan fingerprint density at radius 2 is 1.87 bits per heavy atom. The topological polar surface area (TPSA) is 12.0 Å². The summed E-state index contributed by atoms with van der Waals surface area (Å²) in [5.74, 6) is 0. The molecule has 0 aromatic heterocycles. The van der Waals surface area contributed by atoms with Crippen molar-refractivity contribution in [3.05, 3.63) is 22.1 Å². The van der Waals surface area contributed by atoms with Crippen LogP contribution >= 0.6 is 0 Å². The maximum absolute atomic E-state index is 3.78. The van der Waals surface area contributed by atoms with E-state index in [4.69, 9.17) is 0 Å². The van der Waals surface area contributed by atoms with Gasteiger partial charge in [0.05, 0.1) is 0 Å². The van der Waals surface area contributed by atoms with E-state index in [0.29, 0.717) is 0 Å². The Labute approximate surface area is 114 Å². The minimum atomic E-state index is 0. The normalized spacial score (nSPS) is 19.9. The molecule has 0 heterocycles. The van der Waals surface area contributed by atoms with E-state index in [2.05, 4.69) is 22.0 Å². The molecule has 2 aliphatic carbocycles. The first kappa shape index (κ1) is 15.7. The molecule has 0 radical (unpaired) electrons. The van der Waals surface area contributed by atoms with Crippen LogP contribution in [0.3, 0.4) is 0 Å². The van der Waals surface area contributed by atoms with Crippen LogP contribution < -0.4 is 28.6 Å². The van der Waals surface area contributed by atoms with Gasteiger partial charge >= 0.3 is 89.9 Å². The Bertz CT molecular complexity index is 223. The molecule has 0 spiro atoms. The SMILES string of the molecule is C1=CC[C]([Ti+2][NH]C2CCCCC2)=C1.[Cl-].[Cl-]. The molecule has 0 atom stereocenters. The molecule has 15 heavy (non-hydrogen) atoms. The van der Waals surface area contributed by atoms with Gasteiger partial charge in [0.2, 0.25) is 0 Å². The van der Waals surface area contributed by atoms with E-state index in [9.17, 15) is 0 Å². The van der Waals surface area contributed by atoms with Crippen molar-refractivity contribution in [3.8, 4) is 0 Å². The molecule has 84 valence electrons. The van der Waals surface area contributed by atoms with Gasteiger partial charge in [-0.15, -0.1) is 0 Å². The van der Waals surface area contributed by atoms with Crippen LogP contribution in [0.25, 0.3) is 0 Å². The smallest absolute Gasteiger partial charge is 1.00 e. The molecule has 0 aliphatic heterocycles. The van der Waals surface area contributed by atoms with Crippen molar-refractivity contribution in [2.45, 2.75) is 44.6 Å². The first-order valence-corrected chi connectivity index (χ1v) is 6.88. The van der Waals surface area contributed by atoms with Gasteiger partial charge in [0.1, 0.15) is 0 Å². The third-order valence-electron chi connectivity index (χ3n) is 2.81. The fourth-order valence-corrected chi connectivity index (χ4v) is 3.66. The number of halogens is 2. The van der Waals surface area contributed by atoms with E-state index >= 15 is 0 Å². The predicted octanol–water partition coefficient (Wildman–Crippen LogP) is -3.24. The van der Waals surface area contributed by atoms with Crippen molar-refractivity contribution < 1.29 is 44.2 Å². The molecule has 0 unspecified atom stereocenters. The van der Waals surface area contributed by atoms with Crippen LogP contribution in [-0.4, -0.2) is 6.04 Å². The molecule has 0 aromatic carbocycles. The molecular weight excluding hydrogens is 265 g/mol. The summed E-state index contributed by atoms with van der Waals surface area (Å²) in [5.41, 5.74) is 0. The maximum Gasteiger partial charge on any atom is -1.00 e. The summed E-state index contributed by atoms with van der Waals surface area (Å²) >= 11 is 0.0132. The standard InChI is InChI=1S/C6H12N.C5H5.2ClH.Ti/c7-6-4-2-1-3-5-6;1-2-4-5-3-1;;;/h6-7H,1-5H2;1-3H,4H2;2*1H;/q-1;;;;+3/p-2. The molecule has 0 saturated heterocycles. The van der Waals surface area contributed by atoms with Gasteiger partial charge in [-0.05, 0) is 0 Å². The van der Waals surface area contributed by atoms with Crippen molar-refractivity contribution in [2.24, 2.45) is 0 Å². The average Bonchev–Trinajstić information content (AvgIpc) is 2.69. The van der Waals surface area contributed by atoms with Crippen LogP contribution in [-0.2, 0) is 19.4 Å². The van der Waals surface area contributed by atoms with E-state index in [0.717, 1.165) is 6.04 Å². The predicted molar refractivity (Wildman–Crippen MR) is 51.8 cm³/mol. The zero-order valence-corrected chi connectivity index (χ0v) is 11.9. The van der Waals surface area contributed by atoms with Crippen molar-refractivity contribution in [1.29, 1.82) is 0 Å². The van der Waals surface area contributed by atoms with Gasteiger partial charge in [0.15, 0.2) is 0 Å². The van der Waals surface area contributed by atoms with Gasteiger partial charge in [0, 0.05) is 0 Å². The zero-order chi connectivity index (χ0) is 8.93. The molecule has 0 bridgehead atoms. The second kappa shape index (κ2) is 8.84. The molecule has 0 aromatic rings. The number of rotatable bonds is 3. The molecule has 0 amide bonds. The molecule has 1 N–H and O–H groups in total. The summed E-state index contributed by atoms with van der Waals surface area (Å²) in [4.78, 5) is 0. The van der Waals surface area contributed by atoms with Crippen LogP contribution in [0.4, 0.5) is 0 Å². The average molecular weight is 282 g/mol. The first-order valence-electron chi connectivity index (χ1n) is 5.32. The van der Waals surface area contributed by atoms with E-state index in [1.54, 1.807) is 3.88 Å². The third-order valence-corrected chi connectivity index (χ3v) is 4.76. The Hall–Kier alpha value is 0.734. The van der Waals surface area contributed by atoms with Crippen LogP contribution in [0.15, 0.2) is 22.1 Å². The Kier molecular flexibility index (Phi) is 9.27. The monoisotopic (exact) mass is 281 g/mol. The van der Waals surface area contributed by atoms with Crippen LogP contribution in [0, 0.1) is 0 Å². The fraction of sp³-hybridized carbons (Fsp3) is 0.636. The minimum absolute atomic E-state index is 0.